The maximum absolute atomic E-state index is 8.13. The molecule has 0 radical (unpaired) electrons. The van der Waals surface area contributed by atoms with Crippen LogP contribution in [0, 0.1) is 6.92 Å². The summed E-state index contributed by atoms with van der Waals surface area (Å²) in [6.45, 7) is 2.07. The molecular formula is C19H14. The lowest BCUT2D eigenvalue weighted by Crippen LogP contribution is -1.84. The topological polar surface area (TPSA) is 0 Å². The van der Waals surface area contributed by atoms with Crippen molar-refractivity contribution in [3.05, 3.63) is 72.2 Å². The van der Waals surface area contributed by atoms with E-state index in [1.165, 1.54) is 10.8 Å². The van der Waals surface area contributed by atoms with Crippen LogP contribution >= 0.6 is 0 Å². The quantitative estimate of drug-likeness (QED) is 0.361. The van der Waals surface area contributed by atoms with Crippen molar-refractivity contribution in [2.24, 2.45) is 0 Å². The number of hydrogen-bond acceptors (Lipinski definition) is 0. The zero-order valence-electron chi connectivity index (χ0n) is 13.6. The minimum atomic E-state index is -0.00899. The Morgan fingerprint density at radius 1 is 0.789 bits per heavy atom. The predicted molar refractivity (Wildman–Crippen MR) is 83.7 cm³/mol. The highest BCUT2D eigenvalue weighted by molar-refractivity contribution is 6.18. The molecular weight excluding hydrogens is 228 g/mol. The lowest BCUT2D eigenvalue weighted by molar-refractivity contribution is 1.57. The van der Waals surface area contributed by atoms with Crippen molar-refractivity contribution in [2.75, 3.05) is 0 Å². The van der Waals surface area contributed by atoms with Crippen molar-refractivity contribution in [3.8, 4) is 0 Å². The van der Waals surface area contributed by atoms with Gasteiger partial charge in [-0.15, -0.1) is 0 Å². The van der Waals surface area contributed by atoms with Gasteiger partial charge in [0.15, 0.2) is 0 Å². The van der Waals surface area contributed by atoms with Crippen LogP contribution in [0.1, 0.15) is 9.68 Å². The molecule has 0 spiro atoms. The minimum Gasteiger partial charge on any atom is -0.0616 e. The Morgan fingerprint density at radius 2 is 1.68 bits per heavy atom. The normalized spacial score (nSPS) is 13.6. The van der Waals surface area contributed by atoms with E-state index in [-0.39, 0.29) is 18.1 Å². The summed E-state index contributed by atoms with van der Waals surface area (Å²) in [5, 5.41) is 6.23. The van der Waals surface area contributed by atoms with Crippen LogP contribution in [-0.4, -0.2) is 0 Å². The van der Waals surface area contributed by atoms with E-state index < -0.39 is 0 Å². The van der Waals surface area contributed by atoms with Crippen LogP contribution < -0.4 is 0 Å². The van der Waals surface area contributed by atoms with Crippen molar-refractivity contribution in [2.45, 2.75) is 6.92 Å². The van der Waals surface area contributed by atoms with Gasteiger partial charge in [0.05, 0.1) is 4.11 Å². The minimum absolute atomic E-state index is 0.00899. The molecule has 0 bridgehead atoms. The Morgan fingerprint density at radius 3 is 2.63 bits per heavy atom. The Labute approximate surface area is 116 Å². The lowest BCUT2D eigenvalue weighted by Gasteiger charge is -2.10. The van der Waals surface area contributed by atoms with Gasteiger partial charge in [-0.25, -0.2) is 0 Å². The third kappa shape index (κ3) is 1.47. The summed E-state index contributed by atoms with van der Waals surface area (Å²) in [7, 11) is 0. The summed E-state index contributed by atoms with van der Waals surface area (Å²) >= 11 is 0. The highest BCUT2D eigenvalue weighted by atomic mass is 14.1. The van der Waals surface area contributed by atoms with Crippen LogP contribution in [0.15, 0.2) is 66.7 Å². The van der Waals surface area contributed by atoms with Crippen LogP contribution in [0.5, 0.6) is 0 Å². The van der Waals surface area contributed by atoms with E-state index in [9.17, 15) is 0 Å². The third-order valence-electron chi connectivity index (χ3n) is 3.75. The fourth-order valence-electron chi connectivity index (χ4n) is 2.91. The lowest BCUT2D eigenvalue weighted by atomic mass is 9.94. The average molecular weight is 245 g/mol. The monoisotopic (exact) mass is 245 g/mol. The van der Waals surface area contributed by atoms with Gasteiger partial charge in [-0.05, 0) is 44.8 Å². The van der Waals surface area contributed by atoms with E-state index in [1.54, 1.807) is 6.07 Å². The van der Waals surface area contributed by atoms with Crippen LogP contribution in [-0.2, 0) is 0 Å². The fraction of sp³-hybridized carbons (Fsp3) is 0.0526. The molecule has 0 aliphatic heterocycles. The molecule has 0 saturated heterocycles. The predicted octanol–water partition coefficient (Wildman–Crippen LogP) is 5.45. The summed E-state index contributed by atoms with van der Waals surface area (Å²) in [4.78, 5) is 0. The van der Waals surface area contributed by atoms with E-state index in [2.05, 4.69) is 25.1 Å². The second kappa shape index (κ2) is 3.83. The van der Waals surface area contributed by atoms with Gasteiger partial charge < -0.3 is 0 Å². The molecule has 0 atom stereocenters. The first kappa shape index (κ1) is 7.96. The van der Waals surface area contributed by atoms with Crippen molar-refractivity contribution < 1.29 is 4.11 Å². The molecule has 4 rings (SSSR count). The number of rotatable bonds is 0. The van der Waals surface area contributed by atoms with Gasteiger partial charge in [-0.3, -0.25) is 0 Å². The molecule has 0 heteroatoms. The van der Waals surface area contributed by atoms with Gasteiger partial charge in [0.25, 0.3) is 0 Å². The zero-order valence-corrected chi connectivity index (χ0v) is 10.6. The van der Waals surface area contributed by atoms with E-state index in [0.717, 1.165) is 27.1 Å². The smallest absolute Gasteiger partial charge is 0.0616 e. The SMILES string of the molecule is [2H]c1cc2c(ccc3c4ccccc4cc(C)c23)c([2H])c1[2H]. The number of benzene rings is 4. The van der Waals surface area contributed by atoms with E-state index in [4.69, 9.17) is 4.11 Å². The van der Waals surface area contributed by atoms with Crippen molar-refractivity contribution >= 4 is 32.3 Å². The molecule has 0 heterocycles. The van der Waals surface area contributed by atoms with Crippen LogP contribution in [0.25, 0.3) is 32.3 Å². The fourth-order valence-corrected chi connectivity index (χ4v) is 2.91. The van der Waals surface area contributed by atoms with Crippen molar-refractivity contribution in [3.63, 3.8) is 0 Å². The molecule has 4 aromatic rings. The summed E-state index contributed by atoms with van der Waals surface area (Å²) in [6.07, 6.45) is 0. The first-order chi connectivity index (χ1) is 10.6. The van der Waals surface area contributed by atoms with E-state index in [0.29, 0.717) is 0 Å². The zero-order chi connectivity index (χ0) is 15.4. The average Bonchev–Trinajstić information content (AvgIpc) is 2.52. The Hall–Kier alpha value is -2.34. The van der Waals surface area contributed by atoms with Crippen molar-refractivity contribution in [1.29, 1.82) is 0 Å². The molecule has 0 fully saturated rings. The molecule has 0 aromatic heterocycles. The second-order valence-corrected chi connectivity index (χ2v) is 4.90. The standard InChI is InChI=1S/C19H14/c1-13-12-15-7-3-4-8-16(15)18-11-10-14-6-2-5-9-17(14)19(13)18/h2-12H,1H3/i2D,5D,6D. The highest BCUT2D eigenvalue weighted by Crippen LogP contribution is 2.33. The van der Waals surface area contributed by atoms with E-state index >= 15 is 0 Å². The first-order valence-corrected chi connectivity index (χ1v) is 6.39. The van der Waals surface area contributed by atoms with Gasteiger partial charge in [0.2, 0.25) is 0 Å². The van der Waals surface area contributed by atoms with Crippen molar-refractivity contribution in [1.82, 2.24) is 0 Å². The van der Waals surface area contributed by atoms with Gasteiger partial charge in [-0.2, -0.15) is 0 Å². The molecule has 0 saturated carbocycles. The van der Waals surface area contributed by atoms with Crippen LogP contribution in [0.2, 0.25) is 0 Å². The van der Waals surface area contributed by atoms with Gasteiger partial charge in [0.1, 0.15) is 0 Å². The van der Waals surface area contributed by atoms with Crippen LogP contribution in [0.4, 0.5) is 0 Å². The molecule has 0 nitrogen and oxygen atoms in total. The maximum atomic E-state index is 8.13. The largest absolute Gasteiger partial charge is 0.0629 e. The highest BCUT2D eigenvalue weighted by Gasteiger charge is 2.06. The molecule has 90 valence electrons. The Balaban J connectivity index is 2.33. The maximum Gasteiger partial charge on any atom is 0.0629 e. The molecule has 0 N–H and O–H groups in total. The molecule has 0 amide bonds. The molecule has 19 heavy (non-hydrogen) atoms. The third-order valence-corrected chi connectivity index (χ3v) is 3.75. The number of hydrogen-bond donors (Lipinski definition) is 0. The second-order valence-electron chi connectivity index (χ2n) is 4.90. The molecule has 0 aliphatic carbocycles. The summed E-state index contributed by atoms with van der Waals surface area (Å²) < 4.78 is 23.9. The number of fused-ring (bicyclic) bond motifs is 5. The number of aryl methyl sites for hydroxylation is 1. The molecule has 0 aliphatic rings. The summed E-state index contributed by atoms with van der Waals surface area (Å²) in [5.41, 5.74) is 1.14. The molecule has 4 aromatic carbocycles. The van der Waals surface area contributed by atoms with Gasteiger partial charge in [-0.1, -0.05) is 66.7 Å². The first-order valence-electron chi connectivity index (χ1n) is 7.89. The van der Waals surface area contributed by atoms with Gasteiger partial charge >= 0.3 is 0 Å². The Kier molecular flexibility index (Phi) is 1.60. The summed E-state index contributed by atoms with van der Waals surface area (Å²) in [6, 6.07) is 16.3. The Bertz CT molecular complexity index is 1060. The van der Waals surface area contributed by atoms with E-state index in [1.807, 2.05) is 24.3 Å². The van der Waals surface area contributed by atoms with Crippen LogP contribution in [0.3, 0.4) is 0 Å². The molecule has 0 unspecified atom stereocenters. The van der Waals surface area contributed by atoms with Gasteiger partial charge in [0, 0.05) is 0 Å². The summed E-state index contributed by atoms with van der Waals surface area (Å²) in [5.74, 6) is 0.